The molecule has 120 valence electrons. The van der Waals surface area contributed by atoms with Crippen molar-refractivity contribution in [3.63, 3.8) is 0 Å². The molecule has 0 saturated carbocycles. The molecule has 1 N–H and O–H groups in total. The zero-order valence-electron chi connectivity index (χ0n) is 13.0. The highest BCUT2D eigenvalue weighted by Gasteiger charge is 2.09. The number of guanidine groups is 1. The van der Waals surface area contributed by atoms with E-state index in [1.165, 1.54) is 4.88 Å². The number of nitrogens with one attached hydrogen (secondary N) is 1. The van der Waals surface area contributed by atoms with Crippen LogP contribution < -0.4 is 5.32 Å². The molecule has 0 aliphatic carbocycles. The number of thiophene rings is 1. The highest BCUT2D eigenvalue weighted by Crippen LogP contribution is 2.09. The average molecular weight is 332 g/mol. The molecular weight excluding hydrogens is 306 g/mol. The maximum atomic E-state index is 11.5. The van der Waals surface area contributed by atoms with E-state index >= 15 is 0 Å². The van der Waals surface area contributed by atoms with Crippen molar-refractivity contribution in [2.45, 2.75) is 20.3 Å². The molecule has 0 unspecified atom stereocenters. The summed E-state index contributed by atoms with van der Waals surface area (Å²) in [6.45, 7) is 5.60. The van der Waals surface area contributed by atoms with Crippen LogP contribution in [0.1, 0.15) is 18.7 Å². The van der Waals surface area contributed by atoms with Crippen molar-refractivity contribution in [3.8, 4) is 0 Å². The minimum atomic E-state index is -2.96. The molecule has 1 aromatic heterocycles. The second kappa shape index (κ2) is 9.04. The van der Waals surface area contributed by atoms with E-state index < -0.39 is 9.84 Å². The molecule has 0 fully saturated rings. The maximum Gasteiger partial charge on any atom is 0.193 e. The molecule has 0 atom stereocenters. The maximum absolute atomic E-state index is 11.5. The normalized spacial score (nSPS) is 12.4. The number of hydrogen-bond donors (Lipinski definition) is 1. The van der Waals surface area contributed by atoms with Gasteiger partial charge in [-0.05, 0) is 24.8 Å². The molecule has 0 spiro atoms. The summed E-state index contributed by atoms with van der Waals surface area (Å²) in [7, 11) is -0.980. The molecule has 1 aromatic rings. The van der Waals surface area contributed by atoms with E-state index in [1.54, 1.807) is 18.3 Å². The molecule has 0 aromatic carbocycles. The van der Waals surface area contributed by atoms with Crippen molar-refractivity contribution >= 4 is 27.1 Å². The van der Waals surface area contributed by atoms with Crippen LogP contribution in [-0.4, -0.2) is 57.5 Å². The fourth-order valence-electron chi connectivity index (χ4n) is 1.74. The van der Waals surface area contributed by atoms with Crippen LogP contribution in [0.2, 0.25) is 0 Å². The van der Waals surface area contributed by atoms with Gasteiger partial charge in [-0.2, -0.15) is 0 Å². The number of hydrogen-bond acceptors (Lipinski definition) is 4. The SMILES string of the molecule is CCNC(=NCCS(=O)(=O)CC)N(C)CCc1cccs1. The molecule has 21 heavy (non-hydrogen) atoms. The van der Waals surface area contributed by atoms with Gasteiger partial charge in [-0.1, -0.05) is 13.0 Å². The van der Waals surface area contributed by atoms with E-state index in [4.69, 9.17) is 0 Å². The average Bonchev–Trinajstić information content (AvgIpc) is 2.97. The van der Waals surface area contributed by atoms with Crippen molar-refractivity contribution in [2.75, 3.05) is 38.2 Å². The van der Waals surface area contributed by atoms with Crippen LogP contribution in [0.15, 0.2) is 22.5 Å². The van der Waals surface area contributed by atoms with E-state index in [0.29, 0.717) is 6.54 Å². The standard InChI is InChI=1S/C14H25N3O2S2/c1-4-15-14(16-9-12-21(18,19)5-2)17(3)10-8-13-7-6-11-20-13/h6-7,11H,4-5,8-10,12H2,1-3H3,(H,15,16). The van der Waals surface area contributed by atoms with Crippen molar-refractivity contribution in [3.05, 3.63) is 22.4 Å². The van der Waals surface area contributed by atoms with Gasteiger partial charge in [0.1, 0.15) is 0 Å². The van der Waals surface area contributed by atoms with Crippen LogP contribution in [0.25, 0.3) is 0 Å². The molecule has 0 bridgehead atoms. The van der Waals surface area contributed by atoms with Crippen LogP contribution in [0, 0.1) is 0 Å². The van der Waals surface area contributed by atoms with Crippen LogP contribution >= 0.6 is 11.3 Å². The molecular formula is C14H25N3O2S2. The van der Waals surface area contributed by atoms with E-state index in [9.17, 15) is 8.42 Å². The van der Waals surface area contributed by atoms with Gasteiger partial charge >= 0.3 is 0 Å². The summed E-state index contributed by atoms with van der Waals surface area (Å²) in [6, 6.07) is 4.17. The van der Waals surface area contributed by atoms with E-state index in [0.717, 1.165) is 25.5 Å². The second-order valence-corrected chi connectivity index (χ2v) is 8.23. The Morgan fingerprint density at radius 3 is 2.76 bits per heavy atom. The zero-order valence-corrected chi connectivity index (χ0v) is 14.6. The number of aliphatic imine (C=N–C) groups is 1. The predicted octanol–water partition coefficient (Wildman–Crippen LogP) is 1.62. The fraction of sp³-hybridized carbons (Fsp3) is 0.643. The first-order valence-corrected chi connectivity index (χ1v) is 9.91. The summed E-state index contributed by atoms with van der Waals surface area (Å²) in [6.07, 6.45) is 0.964. The number of nitrogens with zero attached hydrogens (tertiary/aromatic N) is 2. The molecule has 5 nitrogen and oxygen atoms in total. The summed E-state index contributed by atoms with van der Waals surface area (Å²) >= 11 is 1.75. The lowest BCUT2D eigenvalue weighted by atomic mass is 10.3. The molecule has 0 amide bonds. The van der Waals surface area contributed by atoms with Crippen molar-refractivity contribution in [2.24, 2.45) is 4.99 Å². The van der Waals surface area contributed by atoms with Crippen LogP contribution in [0.5, 0.6) is 0 Å². The van der Waals surface area contributed by atoms with Gasteiger partial charge in [0.25, 0.3) is 0 Å². The first-order valence-electron chi connectivity index (χ1n) is 7.20. The fourth-order valence-corrected chi connectivity index (χ4v) is 3.10. The Labute approximate surface area is 132 Å². The van der Waals surface area contributed by atoms with E-state index in [-0.39, 0.29) is 11.5 Å². The van der Waals surface area contributed by atoms with Gasteiger partial charge in [0, 0.05) is 30.8 Å². The van der Waals surface area contributed by atoms with E-state index in [2.05, 4.69) is 27.8 Å². The third kappa shape index (κ3) is 6.95. The minimum Gasteiger partial charge on any atom is -0.357 e. The quantitative estimate of drug-likeness (QED) is 0.581. The zero-order chi connectivity index (χ0) is 15.7. The van der Waals surface area contributed by atoms with Crippen molar-refractivity contribution in [1.29, 1.82) is 0 Å². The third-order valence-corrected chi connectivity index (χ3v) is 5.69. The minimum absolute atomic E-state index is 0.108. The third-order valence-electron chi connectivity index (χ3n) is 3.07. The summed E-state index contributed by atoms with van der Waals surface area (Å²) in [4.78, 5) is 7.78. The highest BCUT2D eigenvalue weighted by molar-refractivity contribution is 7.91. The van der Waals surface area contributed by atoms with Crippen molar-refractivity contribution in [1.82, 2.24) is 10.2 Å². The lowest BCUT2D eigenvalue weighted by Gasteiger charge is -2.21. The van der Waals surface area contributed by atoms with Gasteiger partial charge < -0.3 is 10.2 Å². The largest absolute Gasteiger partial charge is 0.357 e. The summed E-state index contributed by atoms with van der Waals surface area (Å²) in [5.74, 6) is 1.05. The Morgan fingerprint density at radius 2 is 2.19 bits per heavy atom. The molecule has 1 heterocycles. The smallest absolute Gasteiger partial charge is 0.193 e. The Balaban J connectivity index is 2.53. The van der Waals surface area contributed by atoms with Gasteiger partial charge in [0.2, 0.25) is 0 Å². The molecule has 1 rings (SSSR count). The van der Waals surface area contributed by atoms with Crippen LogP contribution in [-0.2, 0) is 16.3 Å². The lowest BCUT2D eigenvalue weighted by molar-refractivity contribution is 0.487. The predicted molar refractivity (Wildman–Crippen MR) is 91.0 cm³/mol. The highest BCUT2D eigenvalue weighted by atomic mass is 32.2. The molecule has 0 saturated heterocycles. The van der Waals surface area contributed by atoms with Crippen LogP contribution in [0.3, 0.4) is 0 Å². The number of rotatable bonds is 8. The lowest BCUT2D eigenvalue weighted by Crippen LogP contribution is -2.40. The molecule has 0 aliphatic heterocycles. The Bertz CT molecular complexity index is 524. The summed E-state index contributed by atoms with van der Waals surface area (Å²) in [5.41, 5.74) is 0. The van der Waals surface area contributed by atoms with E-state index in [1.807, 2.05) is 18.9 Å². The first-order chi connectivity index (χ1) is 9.98. The van der Waals surface area contributed by atoms with Gasteiger partial charge in [0.05, 0.1) is 12.3 Å². The molecule has 7 heteroatoms. The molecule has 0 aliphatic rings. The van der Waals surface area contributed by atoms with Gasteiger partial charge in [-0.3, -0.25) is 4.99 Å². The topological polar surface area (TPSA) is 61.8 Å². The summed E-state index contributed by atoms with van der Waals surface area (Å²) < 4.78 is 23.0. The van der Waals surface area contributed by atoms with Crippen LogP contribution in [0.4, 0.5) is 0 Å². The first kappa shape index (κ1) is 18.0. The van der Waals surface area contributed by atoms with Gasteiger partial charge in [0.15, 0.2) is 15.8 Å². The monoisotopic (exact) mass is 331 g/mol. The van der Waals surface area contributed by atoms with Gasteiger partial charge in [-0.25, -0.2) is 8.42 Å². The summed E-state index contributed by atoms with van der Waals surface area (Å²) in [5, 5.41) is 5.27. The number of sulfone groups is 1. The molecule has 0 radical (unpaired) electrons. The Morgan fingerprint density at radius 1 is 1.43 bits per heavy atom. The Hall–Kier alpha value is -1.08. The second-order valence-electron chi connectivity index (χ2n) is 4.72. The van der Waals surface area contributed by atoms with Crippen molar-refractivity contribution < 1.29 is 8.42 Å². The number of likely N-dealkylation sites (N-methyl/N-ethyl adjacent to an activating group) is 1. The Kier molecular flexibility index (Phi) is 7.74. The van der Waals surface area contributed by atoms with Gasteiger partial charge in [-0.15, -0.1) is 11.3 Å².